The molecule has 7 nitrogen and oxygen atoms in total. The minimum Gasteiger partial charge on any atom is -0.496 e. The van der Waals surface area contributed by atoms with E-state index in [2.05, 4.69) is 20.4 Å². The molecule has 6 rings (SSSR count). The average molecular weight is 775 g/mol. The molecule has 0 bridgehead atoms. The molecule has 0 aromatic heterocycles. The van der Waals surface area contributed by atoms with E-state index in [0.717, 1.165) is 101 Å². The molecule has 2 aromatic carbocycles. The van der Waals surface area contributed by atoms with E-state index in [1.54, 1.807) is 12.5 Å². The Kier molecular flexibility index (Phi) is 13.8. The van der Waals surface area contributed by atoms with Crippen LogP contribution in [0.25, 0.3) is 0 Å². The van der Waals surface area contributed by atoms with Gasteiger partial charge in [0.05, 0.1) is 29.4 Å². The smallest absolute Gasteiger partial charge is 0.416 e. The summed E-state index contributed by atoms with van der Waals surface area (Å²) in [6.45, 7) is 4.26. The number of hydrogen-bond acceptors (Lipinski definition) is 7. The maximum absolute atomic E-state index is 13.1. The fourth-order valence-electron chi connectivity index (χ4n) is 8.08. The van der Waals surface area contributed by atoms with Gasteiger partial charge in [0.25, 0.3) is 11.8 Å². The summed E-state index contributed by atoms with van der Waals surface area (Å²) >= 11 is 2.28. The van der Waals surface area contributed by atoms with Crippen LogP contribution in [0.3, 0.4) is 0 Å². The quantitative estimate of drug-likeness (QED) is 0.196. The number of amides is 2. The van der Waals surface area contributed by atoms with E-state index >= 15 is 0 Å². The summed E-state index contributed by atoms with van der Waals surface area (Å²) < 4.78 is 83.2. The lowest BCUT2D eigenvalue weighted by atomic mass is 10.1. The predicted molar refractivity (Wildman–Crippen MR) is 192 cm³/mol. The van der Waals surface area contributed by atoms with Crippen LogP contribution in [-0.4, -0.2) is 91.6 Å². The van der Waals surface area contributed by atoms with Crippen LogP contribution < -0.4 is 15.4 Å². The first-order valence-corrected chi connectivity index (χ1v) is 20.4. The van der Waals surface area contributed by atoms with Crippen molar-refractivity contribution >= 4 is 35.3 Å². The highest BCUT2D eigenvalue weighted by Gasteiger charge is 2.38. The van der Waals surface area contributed by atoms with E-state index < -0.39 is 23.5 Å². The van der Waals surface area contributed by atoms with E-state index in [1.165, 1.54) is 50.6 Å². The Hall–Kier alpha value is -2.62. The SMILES string of the molecule is COc1cc(C(F)(F)F)cc(SC)c1C(=O)NC1CCCC1N1CCCC1.CSc1cc(C(F)(F)F)ccc1C(=O)NC1CCCC1N1CCCC1. The zero-order valence-electron chi connectivity index (χ0n) is 29.8. The maximum Gasteiger partial charge on any atom is 0.416 e. The average Bonchev–Trinajstić information content (AvgIpc) is 3.95. The standard InChI is InChI=1S/C19H25F3N2O2S.C18H23F3N2OS/c1-26-15-10-12(19(20,21)22)11-16(27-2)17(15)18(25)23-13-6-5-7-14(13)24-8-3-4-9-24;1-25-16-11-12(18(19,20)21)7-8-13(16)17(24)22-14-5-4-6-15(14)23-9-2-3-10-23/h10-11,13-14H,3-9H2,1-2H3,(H,23,25);7-8,11,14-15H,2-6,9-10H2,1H3,(H,22,24). The van der Waals surface area contributed by atoms with Crippen molar-refractivity contribution in [2.45, 2.75) is 111 Å². The van der Waals surface area contributed by atoms with E-state index in [1.807, 2.05) is 0 Å². The number of halogens is 6. The van der Waals surface area contributed by atoms with Crippen molar-refractivity contribution in [3.05, 3.63) is 52.6 Å². The molecule has 52 heavy (non-hydrogen) atoms. The second kappa shape index (κ2) is 17.7. The molecule has 2 heterocycles. The number of ether oxygens (including phenoxy) is 1. The summed E-state index contributed by atoms with van der Waals surface area (Å²) in [5.41, 5.74) is -1.02. The van der Waals surface area contributed by atoms with Crippen LogP contribution in [0.5, 0.6) is 5.75 Å². The molecular weight excluding hydrogens is 727 g/mol. The van der Waals surface area contributed by atoms with Crippen LogP contribution in [-0.2, 0) is 12.4 Å². The number of alkyl halides is 6. The normalized spacial score (nSPS) is 24.1. The molecule has 4 unspecified atom stereocenters. The van der Waals surface area contributed by atoms with E-state index in [4.69, 9.17) is 4.74 Å². The van der Waals surface area contributed by atoms with Gasteiger partial charge in [0.15, 0.2) is 0 Å². The molecule has 4 atom stereocenters. The highest BCUT2D eigenvalue weighted by atomic mass is 32.2. The zero-order chi connectivity index (χ0) is 37.6. The lowest BCUT2D eigenvalue weighted by Gasteiger charge is -2.30. The van der Waals surface area contributed by atoms with Gasteiger partial charge < -0.3 is 15.4 Å². The Bertz CT molecular complexity index is 1520. The highest BCUT2D eigenvalue weighted by molar-refractivity contribution is 7.99. The molecule has 2 amide bonds. The molecule has 4 aliphatic rings. The topological polar surface area (TPSA) is 73.9 Å². The number of likely N-dealkylation sites (tertiary alicyclic amines) is 2. The number of benzene rings is 2. The highest BCUT2D eigenvalue weighted by Crippen LogP contribution is 2.39. The number of nitrogens with one attached hydrogen (secondary N) is 2. The fraction of sp³-hybridized carbons (Fsp3) is 0.622. The lowest BCUT2D eigenvalue weighted by Crippen LogP contribution is -2.47. The first-order chi connectivity index (χ1) is 24.7. The van der Waals surface area contributed by atoms with Crippen molar-refractivity contribution in [2.75, 3.05) is 45.8 Å². The number of rotatable bonds is 9. The van der Waals surface area contributed by atoms with Crippen molar-refractivity contribution in [3.8, 4) is 5.75 Å². The van der Waals surface area contributed by atoms with Crippen LogP contribution in [0.1, 0.15) is 96.1 Å². The number of hydrogen-bond donors (Lipinski definition) is 2. The molecule has 0 spiro atoms. The number of carbonyl (C=O) groups excluding carboxylic acids is 2. The third-order valence-corrected chi connectivity index (χ3v) is 12.2. The first kappa shape index (κ1) is 40.6. The van der Waals surface area contributed by atoms with E-state index in [0.29, 0.717) is 22.5 Å². The number of nitrogens with zero attached hydrogens (tertiary/aromatic N) is 2. The summed E-state index contributed by atoms with van der Waals surface area (Å²) in [5.74, 6) is -0.669. The van der Waals surface area contributed by atoms with Gasteiger partial charge in [0, 0.05) is 34.0 Å². The molecule has 2 N–H and O–H groups in total. The van der Waals surface area contributed by atoms with Crippen molar-refractivity contribution < 1.29 is 40.7 Å². The van der Waals surface area contributed by atoms with Crippen LogP contribution >= 0.6 is 23.5 Å². The van der Waals surface area contributed by atoms with Crippen molar-refractivity contribution in [1.82, 2.24) is 20.4 Å². The van der Waals surface area contributed by atoms with Gasteiger partial charge in [0.1, 0.15) is 5.75 Å². The molecule has 15 heteroatoms. The molecule has 2 aliphatic heterocycles. The molecule has 2 saturated heterocycles. The van der Waals surface area contributed by atoms with E-state index in [9.17, 15) is 35.9 Å². The second-order valence-electron chi connectivity index (χ2n) is 13.8. The summed E-state index contributed by atoms with van der Waals surface area (Å²) in [4.78, 5) is 31.2. The predicted octanol–water partition coefficient (Wildman–Crippen LogP) is 8.36. The molecule has 0 radical (unpaired) electrons. The van der Waals surface area contributed by atoms with Gasteiger partial charge >= 0.3 is 12.4 Å². The summed E-state index contributed by atoms with van der Waals surface area (Å²) in [5, 5.41) is 6.15. The molecule has 2 aliphatic carbocycles. The van der Waals surface area contributed by atoms with Gasteiger partial charge in [-0.25, -0.2) is 0 Å². The largest absolute Gasteiger partial charge is 0.496 e. The van der Waals surface area contributed by atoms with Crippen LogP contribution in [0, 0.1) is 0 Å². The minimum absolute atomic E-state index is 0.0253. The van der Waals surface area contributed by atoms with Gasteiger partial charge in [-0.15, -0.1) is 23.5 Å². The maximum atomic E-state index is 13.1. The number of thioether (sulfide) groups is 2. The third kappa shape index (κ3) is 9.72. The molecular formula is C37H48F6N4O3S2. The van der Waals surface area contributed by atoms with Gasteiger partial charge in [-0.05, 0) is 133 Å². The van der Waals surface area contributed by atoms with Gasteiger partial charge in [-0.1, -0.05) is 0 Å². The zero-order valence-corrected chi connectivity index (χ0v) is 31.4. The third-order valence-electron chi connectivity index (χ3n) is 10.6. The second-order valence-corrected chi connectivity index (χ2v) is 15.5. The number of carbonyl (C=O) groups is 2. The van der Waals surface area contributed by atoms with Crippen LogP contribution in [0.2, 0.25) is 0 Å². The first-order valence-electron chi connectivity index (χ1n) is 17.9. The Morgan fingerprint density at radius 1 is 0.673 bits per heavy atom. The van der Waals surface area contributed by atoms with Crippen LogP contribution in [0.15, 0.2) is 40.1 Å². The van der Waals surface area contributed by atoms with Gasteiger partial charge in [0.2, 0.25) is 0 Å². The molecule has 2 saturated carbocycles. The molecule has 4 fully saturated rings. The Morgan fingerprint density at radius 2 is 1.15 bits per heavy atom. The molecule has 288 valence electrons. The van der Waals surface area contributed by atoms with Gasteiger partial charge in [-0.2, -0.15) is 26.3 Å². The Balaban J connectivity index is 0.000000202. The monoisotopic (exact) mass is 774 g/mol. The summed E-state index contributed by atoms with van der Waals surface area (Å²) in [6, 6.07) is 6.06. The Labute approximate surface area is 310 Å². The summed E-state index contributed by atoms with van der Waals surface area (Å²) in [7, 11) is 1.29. The van der Waals surface area contributed by atoms with Gasteiger partial charge in [-0.3, -0.25) is 19.4 Å². The van der Waals surface area contributed by atoms with E-state index in [-0.39, 0.29) is 40.1 Å². The minimum atomic E-state index is -4.49. The van der Waals surface area contributed by atoms with Crippen molar-refractivity contribution in [2.24, 2.45) is 0 Å². The van der Waals surface area contributed by atoms with Crippen LogP contribution in [0.4, 0.5) is 26.3 Å². The number of methoxy groups -OCH3 is 1. The summed E-state index contributed by atoms with van der Waals surface area (Å²) in [6.07, 6.45) is 5.30. The molecule has 2 aromatic rings. The van der Waals surface area contributed by atoms with Crippen molar-refractivity contribution in [3.63, 3.8) is 0 Å². The van der Waals surface area contributed by atoms with Crippen molar-refractivity contribution in [1.29, 1.82) is 0 Å². The Morgan fingerprint density at radius 3 is 1.62 bits per heavy atom. The lowest BCUT2D eigenvalue weighted by molar-refractivity contribution is -0.138. The fourth-order valence-corrected chi connectivity index (χ4v) is 9.35.